The molecule has 0 saturated carbocycles. The zero-order chi connectivity index (χ0) is 9.68. The summed E-state index contributed by atoms with van der Waals surface area (Å²) in [6, 6.07) is 0. The van der Waals surface area contributed by atoms with Crippen molar-refractivity contribution in [2.24, 2.45) is 11.0 Å². The Kier molecular flexibility index (Phi) is 3.58. The molecule has 1 aliphatic rings. The summed E-state index contributed by atoms with van der Waals surface area (Å²) in [6.45, 7) is 3.71. The van der Waals surface area contributed by atoms with Crippen molar-refractivity contribution in [3.8, 4) is 0 Å². The highest BCUT2D eigenvalue weighted by atomic mass is 16.2. The van der Waals surface area contributed by atoms with E-state index in [0.717, 1.165) is 19.5 Å². The maximum Gasteiger partial charge on any atom is 0.228 e. The number of hydrogen-bond donors (Lipinski definition) is 0. The molecule has 0 radical (unpaired) electrons. The summed E-state index contributed by atoms with van der Waals surface area (Å²) in [5, 5.41) is 3.26. The standard InChI is InChI=1S/C8H14N4O/c1-7-3-2-4-12(6-7)8(13)5-10-11-9/h7H,2-6H2,1H3. The lowest BCUT2D eigenvalue weighted by Gasteiger charge is -2.30. The number of azide groups is 1. The highest BCUT2D eigenvalue weighted by Gasteiger charge is 2.19. The van der Waals surface area contributed by atoms with Gasteiger partial charge in [0.05, 0.1) is 0 Å². The van der Waals surface area contributed by atoms with Crippen LogP contribution < -0.4 is 0 Å². The number of carbonyl (C=O) groups excluding carboxylic acids is 1. The van der Waals surface area contributed by atoms with Gasteiger partial charge < -0.3 is 4.90 Å². The fraction of sp³-hybridized carbons (Fsp3) is 0.875. The Morgan fingerprint density at radius 2 is 2.54 bits per heavy atom. The second-order valence-electron chi connectivity index (χ2n) is 3.48. The fourth-order valence-electron chi connectivity index (χ4n) is 1.61. The maximum absolute atomic E-state index is 11.4. The number of nitrogens with zero attached hydrogens (tertiary/aromatic N) is 4. The average molecular weight is 182 g/mol. The van der Waals surface area contributed by atoms with Crippen LogP contribution in [0, 0.1) is 5.92 Å². The van der Waals surface area contributed by atoms with E-state index in [1.165, 1.54) is 6.42 Å². The minimum absolute atomic E-state index is 0.0385. The van der Waals surface area contributed by atoms with Gasteiger partial charge in [-0.15, -0.1) is 0 Å². The van der Waals surface area contributed by atoms with Crippen molar-refractivity contribution in [1.29, 1.82) is 0 Å². The van der Waals surface area contributed by atoms with Gasteiger partial charge in [-0.05, 0) is 24.3 Å². The second-order valence-corrected chi connectivity index (χ2v) is 3.48. The van der Waals surface area contributed by atoms with Crippen LogP contribution in [0.4, 0.5) is 0 Å². The summed E-state index contributed by atoms with van der Waals surface area (Å²) in [5.74, 6) is 0.521. The first-order valence-corrected chi connectivity index (χ1v) is 4.52. The SMILES string of the molecule is CC1CCCN(C(=O)CN=[N+]=[N-])C1. The number of piperidine rings is 1. The van der Waals surface area contributed by atoms with E-state index in [1.54, 1.807) is 4.90 Å². The molecule has 1 rings (SSSR count). The van der Waals surface area contributed by atoms with E-state index in [-0.39, 0.29) is 12.5 Å². The molecule has 0 aromatic heterocycles. The average Bonchev–Trinajstić information content (AvgIpc) is 2.14. The van der Waals surface area contributed by atoms with Gasteiger partial charge in [0.2, 0.25) is 5.91 Å². The summed E-state index contributed by atoms with van der Waals surface area (Å²) < 4.78 is 0. The van der Waals surface area contributed by atoms with E-state index in [2.05, 4.69) is 16.9 Å². The Morgan fingerprint density at radius 1 is 1.77 bits per heavy atom. The Hall–Kier alpha value is -1.22. The third kappa shape index (κ3) is 2.95. The molecule has 13 heavy (non-hydrogen) atoms. The van der Waals surface area contributed by atoms with Crippen molar-refractivity contribution in [2.75, 3.05) is 19.6 Å². The molecule has 1 unspecified atom stereocenters. The van der Waals surface area contributed by atoms with Crippen molar-refractivity contribution < 1.29 is 4.79 Å². The van der Waals surface area contributed by atoms with Crippen molar-refractivity contribution in [1.82, 2.24) is 4.90 Å². The first-order chi connectivity index (χ1) is 6.24. The van der Waals surface area contributed by atoms with E-state index < -0.39 is 0 Å². The maximum atomic E-state index is 11.4. The molecule has 0 N–H and O–H groups in total. The third-order valence-corrected chi connectivity index (χ3v) is 2.28. The zero-order valence-corrected chi connectivity index (χ0v) is 7.81. The molecule has 0 aromatic carbocycles. The minimum Gasteiger partial charge on any atom is -0.342 e. The number of carbonyl (C=O) groups is 1. The molecule has 1 heterocycles. The van der Waals surface area contributed by atoms with Gasteiger partial charge in [0.15, 0.2) is 0 Å². The summed E-state index contributed by atoms with van der Waals surface area (Å²) in [5.41, 5.74) is 8.05. The van der Waals surface area contributed by atoms with E-state index in [9.17, 15) is 4.79 Å². The number of hydrogen-bond acceptors (Lipinski definition) is 2. The molecule has 5 heteroatoms. The Bertz CT molecular complexity index is 234. The molecule has 0 spiro atoms. The van der Waals surface area contributed by atoms with Crippen molar-refractivity contribution >= 4 is 5.91 Å². The number of amides is 1. The minimum atomic E-state index is -0.0515. The van der Waals surface area contributed by atoms with E-state index in [1.807, 2.05) is 0 Å². The molecule has 72 valence electrons. The fourth-order valence-corrected chi connectivity index (χ4v) is 1.61. The second kappa shape index (κ2) is 4.72. The van der Waals surface area contributed by atoms with Crippen molar-refractivity contribution in [3.05, 3.63) is 10.4 Å². The predicted molar refractivity (Wildman–Crippen MR) is 49.0 cm³/mol. The van der Waals surface area contributed by atoms with Gasteiger partial charge in [-0.1, -0.05) is 12.0 Å². The zero-order valence-electron chi connectivity index (χ0n) is 7.81. The van der Waals surface area contributed by atoms with E-state index >= 15 is 0 Å². The topological polar surface area (TPSA) is 69.1 Å². The molecule has 1 aliphatic heterocycles. The number of rotatable bonds is 2. The van der Waals surface area contributed by atoms with Crippen LogP contribution in [0.25, 0.3) is 10.4 Å². The van der Waals surface area contributed by atoms with Gasteiger partial charge in [-0.25, -0.2) is 0 Å². The Labute approximate surface area is 77.3 Å². The van der Waals surface area contributed by atoms with Gasteiger partial charge in [0, 0.05) is 18.0 Å². The van der Waals surface area contributed by atoms with Crippen molar-refractivity contribution in [2.45, 2.75) is 19.8 Å². The molecular weight excluding hydrogens is 168 g/mol. The van der Waals surface area contributed by atoms with Crippen LogP contribution in [-0.2, 0) is 4.79 Å². The van der Waals surface area contributed by atoms with Crippen LogP contribution in [0.2, 0.25) is 0 Å². The van der Waals surface area contributed by atoms with Crippen LogP contribution >= 0.6 is 0 Å². The smallest absolute Gasteiger partial charge is 0.228 e. The highest BCUT2D eigenvalue weighted by molar-refractivity contribution is 5.78. The van der Waals surface area contributed by atoms with Crippen LogP contribution in [0.15, 0.2) is 5.11 Å². The van der Waals surface area contributed by atoms with Gasteiger partial charge >= 0.3 is 0 Å². The quantitative estimate of drug-likeness (QED) is 0.363. The summed E-state index contributed by atoms with van der Waals surface area (Å²) in [4.78, 5) is 15.7. The van der Waals surface area contributed by atoms with Crippen LogP contribution in [-0.4, -0.2) is 30.4 Å². The lowest BCUT2D eigenvalue weighted by atomic mass is 10.0. The largest absolute Gasteiger partial charge is 0.342 e. The van der Waals surface area contributed by atoms with Gasteiger partial charge in [0.25, 0.3) is 0 Å². The highest BCUT2D eigenvalue weighted by Crippen LogP contribution is 2.15. The molecule has 1 saturated heterocycles. The van der Waals surface area contributed by atoms with Crippen LogP contribution in [0.1, 0.15) is 19.8 Å². The normalized spacial score (nSPS) is 22.2. The molecule has 0 aromatic rings. The summed E-state index contributed by atoms with van der Waals surface area (Å²) in [7, 11) is 0. The van der Waals surface area contributed by atoms with Crippen LogP contribution in [0.3, 0.4) is 0 Å². The molecule has 1 amide bonds. The molecular formula is C8H14N4O. The van der Waals surface area contributed by atoms with Gasteiger partial charge in [-0.2, -0.15) is 0 Å². The molecule has 1 atom stereocenters. The monoisotopic (exact) mass is 182 g/mol. The lowest BCUT2D eigenvalue weighted by molar-refractivity contribution is -0.131. The van der Waals surface area contributed by atoms with Crippen molar-refractivity contribution in [3.63, 3.8) is 0 Å². The van der Waals surface area contributed by atoms with E-state index in [0.29, 0.717) is 5.92 Å². The van der Waals surface area contributed by atoms with E-state index in [4.69, 9.17) is 5.53 Å². The molecule has 0 bridgehead atoms. The molecule has 1 fully saturated rings. The molecule has 5 nitrogen and oxygen atoms in total. The lowest BCUT2D eigenvalue weighted by Crippen LogP contribution is -2.40. The number of likely N-dealkylation sites (tertiary alicyclic amines) is 1. The third-order valence-electron chi connectivity index (χ3n) is 2.28. The first kappa shape index (κ1) is 9.86. The molecule has 0 aliphatic carbocycles. The predicted octanol–water partition coefficient (Wildman–Crippen LogP) is 1.56. The Balaban J connectivity index is 2.41. The van der Waals surface area contributed by atoms with Gasteiger partial charge in [0.1, 0.15) is 6.54 Å². The Morgan fingerprint density at radius 3 is 3.15 bits per heavy atom. The van der Waals surface area contributed by atoms with Crippen LogP contribution in [0.5, 0.6) is 0 Å². The summed E-state index contributed by atoms with van der Waals surface area (Å²) in [6.07, 6.45) is 2.24. The summed E-state index contributed by atoms with van der Waals surface area (Å²) >= 11 is 0. The van der Waals surface area contributed by atoms with Gasteiger partial charge in [-0.3, -0.25) is 4.79 Å². The first-order valence-electron chi connectivity index (χ1n) is 4.52.